The van der Waals surface area contributed by atoms with Gasteiger partial charge in [-0.2, -0.15) is 4.98 Å². The van der Waals surface area contributed by atoms with Gasteiger partial charge in [0.2, 0.25) is 5.88 Å². The van der Waals surface area contributed by atoms with E-state index in [4.69, 9.17) is 9.72 Å². The topological polar surface area (TPSA) is 69.9 Å². The number of rotatable bonds is 4. The molecule has 0 amide bonds. The Labute approximate surface area is 229 Å². The molecule has 3 aromatic carbocycles. The molecule has 1 aliphatic heterocycles. The third kappa shape index (κ3) is 3.30. The molecule has 8 rings (SSSR count). The average Bonchev–Trinajstić information content (AvgIpc) is 3.48. The molecule has 1 atom stereocenters. The van der Waals surface area contributed by atoms with Gasteiger partial charge in [0.25, 0.3) is 0 Å². The fraction of sp³-hybridized carbons (Fsp3) is 0. The quantitative estimate of drug-likeness (QED) is 0.244. The van der Waals surface area contributed by atoms with E-state index in [0.29, 0.717) is 22.9 Å². The van der Waals surface area contributed by atoms with E-state index in [1.54, 1.807) is 12.4 Å². The van der Waals surface area contributed by atoms with Crippen molar-refractivity contribution in [2.45, 2.75) is 0 Å². The summed E-state index contributed by atoms with van der Waals surface area (Å²) in [6, 6.07) is 37.1. The molecule has 0 saturated carbocycles. The molecule has 0 saturated heterocycles. The van der Waals surface area contributed by atoms with Crippen molar-refractivity contribution >= 4 is 45.1 Å². The van der Waals surface area contributed by atoms with E-state index in [1.807, 2.05) is 102 Å². The number of fused-ring (bicyclic) bond motifs is 6. The Hall–Kier alpha value is -5.06. The van der Waals surface area contributed by atoms with E-state index in [2.05, 4.69) is 28.2 Å². The van der Waals surface area contributed by atoms with Crippen molar-refractivity contribution in [2.24, 2.45) is 0 Å². The van der Waals surface area contributed by atoms with Gasteiger partial charge in [-0.3, -0.25) is 9.55 Å². The number of hydrogen-bond acceptors (Lipinski definition) is 5. The van der Waals surface area contributed by atoms with Crippen LogP contribution in [0.3, 0.4) is 0 Å². The number of pyridine rings is 3. The molecule has 1 unspecified atom stereocenters. The monoisotopic (exact) mass is 536 g/mol. The zero-order valence-electron chi connectivity index (χ0n) is 21.2. The fourth-order valence-electron chi connectivity index (χ4n) is 5.69. The molecule has 190 valence electrons. The van der Waals surface area contributed by atoms with Gasteiger partial charge in [0, 0.05) is 39.8 Å². The van der Waals surface area contributed by atoms with Gasteiger partial charge in [-0.25, -0.2) is 4.98 Å². The van der Waals surface area contributed by atoms with Gasteiger partial charge in [0.1, 0.15) is 22.6 Å². The molecule has 5 heterocycles. The maximum atomic E-state index is 14.8. The zero-order chi connectivity index (χ0) is 26.7. The number of nitrogens with zero attached hydrogens (tertiary/aromatic N) is 4. The van der Waals surface area contributed by atoms with Crippen molar-refractivity contribution in [3.63, 3.8) is 0 Å². The number of hydrogen-bond donors (Lipinski definition) is 0. The summed E-state index contributed by atoms with van der Waals surface area (Å²) >= 11 is 0. The molecular formula is C33H21N4O2P. The Balaban J connectivity index is 1.23. The van der Waals surface area contributed by atoms with Crippen molar-refractivity contribution < 1.29 is 9.30 Å². The Bertz CT molecular complexity index is 2090. The van der Waals surface area contributed by atoms with Crippen LogP contribution in [0.15, 0.2) is 128 Å². The van der Waals surface area contributed by atoms with Crippen LogP contribution in [0.25, 0.3) is 38.9 Å². The highest BCUT2D eigenvalue weighted by molar-refractivity contribution is 7.86. The molecule has 6 nitrogen and oxygen atoms in total. The second kappa shape index (κ2) is 8.73. The standard InChI is InChI=1S/C33H21N4O2P/c38-40(32-16-5-6-19-34-32)28-13-4-2-10-24(28)25-18-17-22(21-29(25)40)39-31-15-7-14-30(36-31)37-27-12-3-1-9-23(27)26-11-8-20-35-33(26)37/h1-21H. The number of ether oxygens (including phenoxy) is 1. The molecule has 1 aliphatic rings. The van der Waals surface area contributed by atoms with E-state index in [9.17, 15) is 4.57 Å². The lowest BCUT2D eigenvalue weighted by atomic mass is 10.1. The van der Waals surface area contributed by atoms with Crippen LogP contribution in [0.1, 0.15) is 0 Å². The summed E-state index contributed by atoms with van der Waals surface area (Å²) in [5, 5.41) is 3.71. The lowest BCUT2D eigenvalue weighted by Crippen LogP contribution is -2.23. The van der Waals surface area contributed by atoms with Crippen LogP contribution in [-0.2, 0) is 4.57 Å². The lowest BCUT2D eigenvalue weighted by Gasteiger charge is -2.15. The number of para-hydroxylation sites is 1. The average molecular weight is 537 g/mol. The number of aromatic nitrogens is 4. The summed E-state index contributed by atoms with van der Waals surface area (Å²) in [6.45, 7) is 0. The molecule has 0 spiro atoms. The van der Waals surface area contributed by atoms with E-state index >= 15 is 0 Å². The molecule has 0 bridgehead atoms. The second-order valence-electron chi connectivity index (χ2n) is 9.66. The number of benzene rings is 3. The largest absolute Gasteiger partial charge is 0.439 e. The van der Waals surface area contributed by atoms with Crippen molar-refractivity contribution in [1.82, 2.24) is 19.5 Å². The summed E-state index contributed by atoms with van der Waals surface area (Å²) < 4.78 is 23.1. The molecule has 4 aromatic heterocycles. The van der Waals surface area contributed by atoms with Crippen LogP contribution in [0.5, 0.6) is 11.6 Å². The van der Waals surface area contributed by atoms with Gasteiger partial charge >= 0.3 is 0 Å². The second-order valence-corrected chi connectivity index (χ2v) is 12.3. The summed E-state index contributed by atoms with van der Waals surface area (Å²) in [5.41, 5.74) is 4.33. The molecule has 0 aliphatic carbocycles. The van der Waals surface area contributed by atoms with Gasteiger partial charge in [0.15, 0.2) is 7.14 Å². The predicted molar refractivity (Wildman–Crippen MR) is 159 cm³/mol. The van der Waals surface area contributed by atoms with Gasteiger partial charge in [-0.05, 0) is 65.7 Å². The minimum Gasteiger partial charge on any atom is -0.439 e. The van der Waals surface area contributed by atoms with Crippen LogP contribution in [0, 0.1) is 0 Å². The van der Waals surface area contributed by atoms with E-state index in [1.165, 1.54) is 0 Å². The molecule has 0 radical (unpaired) electrons. The van der Waals surface area contributed by atoms with Crippen molar-refractivity contribution in [2.75, 3.05) is 0 Å². The smallest absolute Gasteiger partial charge is 0.221 e. The van der Waals surface area contributed by atoms with Crippen molar-refractivity contribution in [3.8, 4) is 28.6 Å². The van der Waals surface area contributed by atoms with E-state index < -0.39 is 7.14 Å². The molecular weight excluding hydrogens is 515 g/mol. The molecule has 7 aromatic rings. The highest BCUT2D eigenvalue weighted by atomic mass is 31.2. The van der Waals surface area contributed by atoms with Crippen LogP contribution in [-0.4, -0.2) is 19.5 Å². The Kier molecular flexibility index (Phi) is 5.00. The van der Waals surface area contributed by atoms with Crippen molar-refractivity contribution in [1.29, 1.82) is 0 Å². The normalized spacial score (nSPS) is 15.7. The van der Waals surface area contributed by atoms with E-state index in [-0.39, 0.29) is 0 Å². The summed E-state index contributed by atoms with van der Waals surface area (Å²) in [4.78, 5) is 14.0. The maximum Gasteiger partial charge on any atom is 0.221 e. The van der Waals surface area contributed by atoms with E-state index in [0.717, 1.165) is 43.7 Å². The van der Waals surface area contributed by atoms with Gasteiger partial charge < -0.3 is 9.30 Å². The third-order valence-electron chi connectivity index (χ3n) is 7.41. The van der Waals surface area contributed by atoms with Crippen LogP contribution in [0.4, 0.5) is 0 Å². The highest BCUT2D eigenvalue weighted by Gasteiger charge is 2.41. The first-order valence-corrected chi connectivity index (χ1v) is 14.7. The predicted octanol–water partition coefficient (Wildman–Crippen LogP) is 6.38. The first kappa shape index (κ1) is 22.9. The molecule has 40 heavy (non-hydrogen) atoms. The Morgan fingerprint density at radius 2 is 1.45 bits per heavy atom. The Morgan fingerprint density at radius 1 is 0.650 bits per heavy atom. The summed E-state index contributed by atoms with van der Waals surface area (Å²) in [6.07, 6.45) is 3.48. The van der Waals surface area contributed by atoms with Crippen LogP contribution < -0.4 is 20.8 Å². The van der Waals surface area contributed by atoms with Crippen LogP contribution >= 0.6 is 7.14 Å². The zero-order valence-corrected chi connectivity index (χ0v) is 22.1. The Morgan fingerprint density at radius 3 is 2.38 bits per heavy atom. The van der Waals surface area contributed by atoms with Gasteiger partial charge in [0.05, 0.1) is 5.52 Å². The fourth-order valence-corrected chi connectivity index (χ4v) is 8.64. The molecule has 7 heteroatoms. The molecule has 0 fully saturated rings. The SMILES string of the molecule is O=P1(c2ccccn2)c2ccccc2-c2ccc(Oc3cccc(-n4c5ccccc5c5cccnc54)n3)cc21. The third-order valence-corrected chi connectivity index (χ3v) is 10.4. The highest BCUT2D eigenvalue weighted by Crippen LogP contribution is 2.52. The minimum atomic E-state index is -3.16. The maximum absolute atomic E-state index is 14.8. The minimum absolute atomic E-state index is 0.433. The lowest BCUT2D eigenvalue weighted by molar-refractivity contribution is 0.463. The first-order valence-electron chi connectivity index (χ1n) is 13.0. The van der Waals surface area contributed by atoms with Crippen LogP contribution in [0.2, 0.25) is 0 Å². The first-order chi connectivity index (χ1) is 19.7. The van der Waals surface area contributed by atoms with Gasteiger partial charge in [-0.1, -0.05) is 54.6 Å². The summed E-state index contributed by atoms with van der Waals surface area (Å²) in [5.74, 6) is 1.70. The van der Waals surface area contributed by atoms with Crippen molar-refractivity contribution in [3.05, 3.63) is 128 Å². The van der Waals surface area contributed by atoms with Gasteiger partial charge in [-0.15, -0.1) is 0 Å². The summed E-state index contributed by atoms with van der Waals surface area (Å²) in [7, 11) is -3.16. The molecule has 0 N–H and O–H groups in total.